The molecule has 0 spiro atoms. The monoisotopic (exact) mass is 481 g/mol. The third-order valence-corrected chi connectivity index (χ3v) is 6.99. The lowest BCUT2D eigenvalue weighted by atomic mass is 9.95. The zero-order valence-electron chi connectivity index (χ0n) is 19.1. The molecule has 178 valence electrons. The van der Waals surface area contributed by atoms with Crippen molar-refractivity contribution in [3.63, 3.8) is 0 Å². The minimum Gasteiger partial charge on any atom is -0.497 e. The van der Waals surface area contributed by atoms with Crippen LogP contribution in [0.5, 0.6) is 5.75 Å². The number of nitrogens with zero attached hydrogens (tertiary/aromatic N) is 4. The van der Waals surface area contributed by atoms with Gasteiger partial charge < -0.3 is 10.1 Å². The van der Waals surface area contributed by atoms with Crippen LogP contribution in [0.3, 0.4) is 0 Å². The number of thioether (sulfide) groups is 1. The molecule has 2 aromatic carbocycles. The number of hydrogen-bond donors (Lipinski definition) is 1. The number of methoxy groups -OCH3 is 1. The van der Waals surface area contributed by atoms with E-state index in [0.717, 1.165) is 42.8 Å². The molecule has 0 saturated heterocycles. The van der Waals surface area contributed by atoms with Gasteiger partial charge in [-0.05, 0) is 50.1 Å². The van der Waals surface area contributed by atoms with Gasteiger partial charge in [-0.1, -0.05) is 37.1 Å². The van der Waals surface area contributed by atoms with Crippen molar-refractivity contribution in [2.75, 3.05) is 12.4 Å². The summed E-state index contributed by atoms with van der Waals surface area (Å²) >= 11 is 1.34. The number of benzene rings is 2. The van der Waals surface area contributed by atoms with Crippen molar-refractivity contribution in [1.29, 1.82) is 0 Å². The van der Waals surface area contributed by atoms with Gasteiger partial charge in [0.25, 0.3) is 5.69 Å². The standard InChI is InChI=1S/C24H27N5O4S/c1-16(23(30)25-18-7-6-10-20(15-18)29(31)32)34-24-27-26-22(17-11-13-21(33-2)14-12-17)28(24)19-8-4-3-5-9-19/h6-7,10-16,19H,3-5,8-9H2,1-2H3,(H,25,30). The Balaban J connectivity index is 1.56. The Labute approximate surface area is 202 Å². The van der Waals surface area contributed by atoms with Crippen LogP contribution in [0, 0.1) is 10.1 Å². The molecule has 0 aliphatic heterocycles. The van der Waals surface area contributed by atoms with Crippen molar-refractivity contribution in [1.82, 2.24) is 14.8 Å². The molecule has 0 bridgehead atoms. The van der Waals surface area contributed by atoms with Gasteiger partial charge >= 0.3 is 0 Å². The highest BCUT2D eigenvalue weighted by molar-refractivity contribution is 8.00. The highest BCUT2D eigenvalue weighted by atomic mass is 32.2. The molecule has 1 unspecified atom stereocenters. The normalized spacial score (nSPS) is 15.0. The summed E-state index contributed by atoms with van der Waals surface area (Å²) in [5.74, 6) is 1.30. The molecular formula is C24H27N5O4S. The average molecular weight is 482 g/mol. The highest BCUT2D eigenvalue weighted by Crippen LogP contribution is 2.37. The number of non-ortho nitro benzene ring substituents is 1. The summed E-state index contributed by atoms with van der Waals surface area (Å²) in [5, 5.41) is 23.0. The van der Waals surface area contributed by atoms with Gasteiger partial charge in [-0.25, -0.2) is 0 Å². The lowest BCUT2D eigenvalue weighted by molar-refractivity contribution is -0.384. The zero-order chi connectivity index (χ0) is 24.1. The molecule has 4 rings (SSSR count). The summed E-state index contributed by atoms with van der Waals surface area (Å²) in [5.41, 5.74) is 1.26. The van der Waals surface area contributed by atoms with Crippen LogP contribution in [-0.2, 0) is 4.79 Å². The Bertz CT molecular complexity index is 1160. The molecule has 1 aliphatic carbocycles. The fourth-order valence-corrected chi connectivity index (χ4v) is 5.03. The molecule has 1 saturated carbocycles. The van der Waals surface area contributed by atoms with Crippen LogP contribution in [0.2, 0.25) is 0 Å². The van der Waals surface area contributed by atoms with Gasteiger partial charge in [-0.3, -0.25) is 19.5 Å². The smallest absolute Gasteiger partial charge is 0.271 e. The van der Waals surface area contributed by atoms with E-state index in [1.807, 2.05) is 24.3 Å². The van der Waals surface area contributed by atoms with Gasteiger partial charge in [0, 0.05) is 29.4 Å². The first-order valence-corrected chi connectivity index (χ1v) is 12.2. The highest BCUT2D eigenvalue weighted by Gasteiger charge is 2.26. The van der Waals surface area contributed by atoms with E-state index in [-0.39, 0.29) is 17.6 Å². The Morgan fingerprint density at radius 1 is 1.18 bits per heavy atom. The largest absolute Gasteiger partial charge is 0.497 e. The number of rotatable bonds is 8. The number of ether oxygens (including phenoxy) is 1. The second-order valence-corrected chi connectivity index (χ2v) is 9.56. The summed E-state index contributed by atoms with van der Waals surface area (Å²) < 4.78 is 7.45. The Hall–Kier alpha value is -3.40. The molecule has 1 amide bonds. The number of carbonyl (C=O) groups is 1. The van der Waals surface area contributed by atoms with Crippen LogP contribution in [0.1, 0.15) is 45.1 Å². The SMILES string of the molecule is COc1ccc(-c2nnc(SC(C)C(=O)Nc3cccc([N+](=O)[O-])c3)n2C2CCCCC2)cc1. The van der Waals surface area contributed by atoms with Crippen LogP contribution in [0.4, 0.5) is 11.4 Å². The Kier molecular flexibility index (Phi) is 7.46. The number of carbonyl (C=O) groups excluding carboxylic acids is 1. The lowest BCUT2D eigenvalue weighted by Crippen LogP contribution is -2.23. The van der Waals surface area contributed by atoms with Crippen LogP contribution in [-0.4, -0.2) is 38.0 Å². The summed E-state index contributed by atoms with van der Waals surface area (Å²) in [6.45, 7) is 1.80. The van der Waals surface area contributed by atoms with E-state index in [9.17, 15) is 14.9 Å². The summed E-state index contributed by atoms with van der Waals surface area (Å²) in [4.78, 5) is 23.4. The topological polar surface area (TPSA) is 112 Å². The maximum absolute atomic E-state index is 12.9. The Morgan fingerprint density at radius 2 is 1.91 bits per heavy atom. The van der Waals surface area contributed by atoms with Crippen molar-refractivity contribution in [3.8, 4) is 17.1 Å². The van der Waals surface area contributed by atoms with Gasteiger partial charge in [0.15, 0.2) is 11.0 Å². The second-order valence-electron chi connectivity index (χ2n) is 8.25. The molecule has 0 radical (unpaired) electrons. The number of amides is 1. The zero-order valence-corrected chi connectivity index (χ0v) is 20.0. The van der Waals surface area contributed by atoms with Crippen molar-refractivity contribution < 1.29 is 14.5 Å². The average Bonchev–Trinajstić information content (AvgIpc) is 3.28. The number of nitrogens with one attached hydrogen (secondary N) is 1. The first kappa shape index (κ1) is 23.7. The fourth-order valence-electron chi connectivity index (χ4n) is 4.12. The first-order chi connectivity index (χ1) is 16.5. The quantitative estimate of drug-likeness (QED) is 0.257. The maximum atomic E-state index is 12.9. The van der Waals surface area contributed by atoms with E-state index >= 15 is 0 Å². The van der Waals surface area contributed by atoms with E-state index < -0.39 is 10.2 Å². The van der Waals surface area contributed by atoms with Gasteiger partial charge in [0.1, 0.15) is 5.75 Å². The molecular weight excluding hydrogens is 454 g/mol. The fraction of sp³-hybridized carbons (Fsp3) is 0.375. The molecule has 1 atom stereocenters. The van der Waals surface area contributed by atoms with E-state index in [2.05, 4.69) is 20.1 Å². The van der Waals surface area contributed by atoms with Gasteiger partial charge in [0.05, 0.1) is 17.3 Å². The van der Waals surface area contributed by atoms with Crippen LogP contribution < -0.4 is 10.1 Å². The predicted octanol–water partition coefficient (Wildman–Crippen LogP) is 5.49. The third-order valence-electron chi connectivity index (χ3n) is 5.93. The summed E-state index contributed by atoms with van der Waals surface area (Å²) in [6, 6.07) is 13.9. The second kappa shape index (κ2) is 10.7. The molecule has 9 nitrogen and oxygen atoms in total. The molecule has 1 fully saturated rings. The summed E-state index contributed by atoms with van der Waals surface area (Å²) in [6.07, 6.45) is 5.61. The molecule has 34 heavy (non-hydrogen) atoms. The lowest BCUT2D eigenvalue weighted by Gasteiger charge is -2.26. The predicted molar refractivity (Wildman–Crippen MR) is 131 cm³/mol. The van der Waals surface area contributed by atoms with Gasteiger partial charge in [0.2, 0.25) is 5.91 Å². The molecule has 10 heteroatoms. The molecule has 1 aliphatic rings. The third kappa shape index (κ3) is 5.39. The molecule has 1 N–H and O–H groups in total. The number of aromatic nitrogens is 3. The van der Waals surface area contributed by atoms with E-state index in [4.69, 9.17) is 4.74 Å². The molecule has 1 aromatic heterocycles. The minimum atomic E-state index is -0.485. The summed E-state index contributed by atoms with van der Waals surface area (Å²) in [7, 11) is 1.63. The van der Waals surface area contributed by atoms with Gasteiger partial charge in [-0.15, -0.1) is 10.2 Å². The van der Waals surface area contributed by atoms with Crippen molar-refractivity contribution in [2.24, 2.45) is 0 Å². The van der Waals surface area contributed by atoms with E-state index in [1.165, 1.54) is 30.3 Å². The maximum Gasteiger partial charge on any atom is 0.271 e. The van der Waals surface area contributed by atoms with Crippen LogP contribution in [0.15, 0.2) is 53.7 Å². The van der Waals surface area contributed by atoms with Crippen LogP contribution in [0.25, 0.3) is 11.4 Å². The van der Waals surface area contributed by atoms with Gasteiger partial charge in [-0.2, -0.15) is 0 Å². The molecule has 3 aromatic rings. The number of hydrogen-bond acceptors (Lipinski definition) is 7. The Morgan fingerprint density at radius 3 is 2.59 bits per heavy atom. The van der Waals surface area contributed by atoms with Crippen molar-refractivity contribution in [2.45, 2.75) is 55.5 Å². The first-order valence-electron chi connectivity index (χ1n) is 11.3. The number of nitro benzene ring substituents is 1. The van der Waals surface area contributed by atoms with E-state index in [0.29, 0.717) is 10.8 Å². The molecule has 1 heterocycles. The number of nitro groups is 1. The van der Waals surface area contributed by atoms with Crippen molar-refractivity contribution in [3.05, 3.63) is 58.6 Å². The van der Waals surface area contributed by atoms with Crippen molar-refractivity contribution >= 4 is 29.0 Å². The minimum absolute atomic E-state index is 0.0701. The van der Waals surface area contributed by atoms with Crippen LogP contribution >= 0.6 is 11.8 Å². The number of anilines is 1. The van der Waals surface area contributed by atoms with E-state index in [1.54, 1.807) is 26.2 Å².